The van der Waals surface area contributed by atoms with Gasteiger partial charge in [0.15, 0.2) is 0 Å². The lowest BCUT2D eigenvalue weighted by atomic mass is 9.80. The summed E-state index contributed by atoms with van der Waals surface area (Å²) in [5.74, 6) is 0.492. The van der Waals surface area contributed by atoms with Gasteiger partial charge < -0.3 is 5.11 Å². The van der Waals surface area contributed by atoms with E-state index in [1.807, 2.05) is 6.07 Å². The summed E-state index contributed by atoms with van der Waals surface area (Å²) in [5.41, 5.74) is 0. The van der Waals surface area contributed by atoms with E-state index in [-0.39, 0.29) is 6.10 Å². The fourth-order valence-electron chi connectivity index (χ4n) is 3.76. The molecule has 1 saturated heterocycles. The lowest BCUT2D eigenvalue weighted by Crippen LogP contribution is -2.42. The van der Waals surface area contributed by atoms with Crippen LogP contribution < -0.4 is 0 Å². The van der Waals surface area contributed by atoms with E-state index in [0.29, 0.717) is 12.0 Å². The second-order valence-corrected chi connectivity index (χ2v) is 7.70. The second-order valence-electron chi connectivity index (χ2n) is 5.90. The Morgan fingerprint density at radius 1 is 1.21 bits per heavy atom. The molecule has 106 valence electrons. The molecule has 0 radical (unpaired) electrons. The van der Waals surface area contributed by atoms with E-state index >= 15 is 0 Å². The molecule has 4 heteroatoms. The summed E-state index contributed by atoms with van der Waals surface area (Å²) < 4.78 is 0.878. The largest absolute Gasteiger partial charge is 0.393 e. The van der Waals surface area contributed by atoms with Crippen molar-refractivity contribution in [2.24, 2.45) is 5.92 Å². The lowest BCUT2D eigenvalue weighted by molar-refractivity contribution is 0.0204. The Kier molecular flexibility index (Phi) is 4.47. The van der Waals surface area contributed by atoms with Crippen LogP contribution in [0.4, 0.5) is 0 Å². The molecular weight excluding hydrogens is 278 g/mol. The van der Waals surface area contributed by atoms with Crippen LogP contribution in [-0.2, 0) is 6.54 Å². The normalized spacial score (nSPS) is 32.8. The summed E-state index contributed by atoms with van der Waals surface area (Å²) >= 11 is 7.70. The first-order valence-electron chi connectivity index (χ1n) is 7.40. The second kappa shape index (κ2) is 6.13. The summed E-state index contributed by atoms with van der Waals surface area (Å²) in [4.78, 5) is 3.92. The van der Waals surface area contributed by atoms with Crippen molar-refractivity contribution in [1.29, 1.82) is 0 Å². The first kappa shape index (κ1) is 13.9. The molecule has 0 bridgehead atoms. The van der Waals surface area contributed by atoms with E-state index < -0.39 is 0 Å². The number of aliphatic hydroxyl groups excluding tert-OH is 1. The molecule has 3 atom stereocenters. The summed E-state index contributed by atoms with van der Waals surface area (Å²) in [5, 5.41) is 10.3. The van der Waals surface area contributed by atoms with Crippen molar-refractivity contribution >= 4 is 22.9 Å². The van der Waals surface area contributed by atoms with Gasteiger partial charge >= 0.3 is 0 Å². The van der Waals surface area contributed by atoms with Gasteiger partial charge in [0.1, 0.15) is 0 Å². The first-order chi connectivity index (χ1) is 9.24. The van der Waals surface area contributed by atoms with Crippen LogP contribution in [-0.4, -0.2) is 28.7 Å². The van der Waals surface area contributed by atoms with Gasteiger partial charge in [-0.2, -0.15) is 0 Å². The Balaban J connectivity index is 1.67. The van der Waals surface area contributed by atoms with Crippen LogP contribution in [0, 0.1) is 5.92 Å². The third kappa shape index (κ3) is 3.15. The Morgan fingerprint density at radius 2 is 2.05 bits per heavy atom. The molecule has 2 nitrogen and oxygen atoms in total. The van der Waals surface area contributed by atoms with Crippen LogP contribution in [0.5, 0.6) is 0 Å². The molecule has 1 aromatic heterocycles. The zero-order chi connectivity index (χ0) is 13.2. The highest BCUT2D eigenvalue weighted by Gasteiger charge is 2.36. The van der Waals surface area contributed by atoms with Gasteiger partial charge in [-0.3, -0.25) is 4.90 Å². The van der Waals surface area contributed by atoms with Crippen molar-refractivity contribution in [2.45, 2.75) is 57.2 Å². The number of nitrogens with zero attached hydrogens (tertiary/aromatic N) is 1. The zero-order valence-corrected chi connectivity index (χ0v) is 12.8. The van der Waals surface area contributed by atoms with E-state index in [1.54, 1.807) is 11.3 Å². The molecule has 3 rings (SSSR count). The third-order valence-corrected chi connectivity index (χ3v) is 5.89. The van der Waals surface area contributed by atoms with Gasteiger partial charge in [0, 0.05) is 23.4 Å². The minimum atomic E-state index is -0.0775. The van der Waals surface area contributed by atoms with Crippen LogP contribution in [0.15, 0.2) is 12.1 Å². The van der Waals surface area contributed by atoms with E-state index in [0.717, 1.165) is 17.3 Å². The standard InChI is InChI=1S/C15H22ClNOS/c16-15-8-7-11(19-15)10-17-9-3-5-13(17)12-4-1-2-6-14(12)18/h7-8,12-14,18H,1-6,9-10H2. The van der Waals surface area contributed by atoms with Crippen molar-refractivity contribution < 1.29 is 5.11 Å². The quantitative estimate of drug-likeness (QED) is 0.914. The maximum Gasteiger partial charge on any atom is 0.0931 e. The zero-order valence-electron chi connectivity index (χ0n) is 11.2. The van der Waals surface area contributed by atoms with E-state index in [1.165, 1.54) is 43.5 Å². The molecule has 1 aliphatic carbocycles. The summed E-state index contributed by atoms with van der Waals surface area (Å²) in [6.07, 6.45) is 7.13. The fraction of sp³-hybridized carbons (Fsp3) is 0.733. The topological polar surface area (TPSA) is 23.5 Å². The SMILES string of the molecule is OC1CCCCC1C1CCCN1Cc1ccc(Cl)s1. The molecule has 2 heterocycles. The molecular formula is C15H22ClNOS. The van der Waals surface area contributed by atoms with Gasteiger partial charge in [0.2, 0.25) is 0 Å². The number of aliphatic hydroxyl groups is 1. The van der Waals surface area contributed by atoms with Gasteiger partial charge in [-0.25, -0.2) is 0 Å². The molecule has 1 N–H and O–H groups in total. The van der Waals surface area contributed by atoms with Crippen molar-refractivity contribution in [2.75, 3.05) is 6.54 Å². The number of thiophene rings is 1. The van der Waals surface area contributed by atoms with Gasteiger partial charge in [-0.05, 0) is 44.4 Å². The molecule has 1 aliphatic heterocycles. The molecule has 0 amide bonds. The van der Waals surface area contributed by atoms with E-state index in [9.17, 15) is 5.11 Å². The Hall–Kier alpha value is -0.0900. The smallest absolute Gasteiger partial charge is 0.0931 e. The third-order valence-electron chi connectivity index (χ3n) is 4.68. The Morgan fingerprint density at radius 3 is 2.79 bits per heavy atom. The lowest BCUT2D eigenvalue weighted by Gasteiger charge is -2.37. The summed E-state index contributed by atoms with van der Waals surface area (Å²) in [6, 6.07) is 4.71. The van der Waals surface area contributed by atoms with Crippen LogP contribution >= 0.6 is 22.9 Å². The minimum Gasteiger partial charge on any atom is -0.393 e. The van der Waals surface area contributed by atoms with Gasteiger partial charge in [0.25, 0.3) is 0 Å². The molecule has 19 heavy (non-hydrogen) atoms. The number of halogens is 1. The fourth-order valence-corrected chi connectivity index (χ4v) is 4.87. The molecule has 0 aromatic carbocycles. The predicted octanol–water partition coefficient (Wildman–Crippen LogP) is 3.92. The van der Waals surface area contributed by atoms with Crippen LogP contribution in [0.3, 0.4) is 0 Å². The monoisotopic (exact) mass is 299 g/mol. The van der Waals surface area contributed by atoms with Crippen LogP contribution in [0.2, 0.25) is 4.34 Å². The van der Waals surface area contributed by atoms with Crippen molar-refractivity contribution in [3.05, 3.63) is 21.3 Å². The molecule has 0 spiro atoms. The average Bonchev–Trinajstić information content (AvgIpc) is 3.00. The number of hydrogen-bond donors (Lipinski definition) is 1. The highest BCUT2D eigenvalue weighted by molar-refractivity contribution is 7.16. The van der Waals surface area contributed by atoms with Crippen LogP contribution in [0.1, 0.15) is 43.4 Å². The number of rotatable bonds is 3. The first-order valence-corrected chi connectivity index (χ1v) is 8.60. The molecule has 2 fully saturated rings. The highest BCUT2D eigenvalue weighted by Crippen LogP contribution is 2.36. The predicted molar refractivity (Wildman–Crippen MR) is 80.7 cm³/mol. The summed E-state index contributed by atoms with van der Waals surface area (Å²) in [7, 11) is 0. The van der Waals surface area contributed by atoms with Crippen molar-refractivity contribution in [3.63, 3.8) is 0 Å². The molecule has 3 unspecified atom stereocenters. The molecule has 2 aliphatic rings. The Bertz CT molecular complexity index is 422. The maximum absolute atomic E-state index is 10.3. The van der Waals surface area contributed by atoms with Crippen LogP contribution in [0.25, 0.3) is 0 Å². The number of hydrogen-bond acceptors (Lipinski definition) is 3. The Labute approximate surface area is 124 Å². The average molecular weight is 300 g/mol. The molecule has 1 saturated carbocycles. The van der Waals surface area contributed by atoms with Crippen molar-refractivity contribution in [1.82, 2.24) is 4.90 Å². The van der Waals surface area contributed by atoms with E-state index in [2.05, 4.69) is 11.0 Å². The molecule has 1 aromatic rings. The maximum atomic E-state index is 10.3. The summed E-state index contributed by atoms with van der Waals surface area (Å²) in [6.45, 7) is 2.18. The van der Waals surface area contributed by atoms with E-state index in [4.69, 9.17) is 11.6 Å². The number of likely N-dealkylation sites (tertiary alicyclic amines) is 1. The van der Waals surface area contributed by atoms with Gasteiger partial charge in [-0.15, -0.1) is 11.3 Å². The van der Waals surface area contributed by atoms with Crippen molar-refractivity contribution in [3.8, 4) is 0 Å². The van der Waals surface area contributed by atoms with Gasteiger partial charge in [-0.1, -0.05) is 24.4 Å². The van der Waals surface area contributed by atoms with Gasteiger partial charge in [0.05, 0.1) is 10.4 Å². The highest BCUT2D eigenvalue weighted by atomic mass is 35.5. The minimum absolute atomic E-state index is 0.0775.